The molecule has 0 radical (unpaired) electrons. The minimum absolute atomic E-state index is 0.170. The summed E-state index contributed by atoms with van der Waals surface area (Å²) in [5, 5.41) is 9.06. The first kappa shape index (κ1) is 14.8. The van der Waals surface area contributed by atoms with Crippen LogP contribution >= 0.6 is 0 Å². The van der Waals surface area contributed by atoms with Crippen LogP contribution in [0.2, 0.25) is 0 Å². The normalized spacial score (nSPS) is 10.2. The Kier molecular flexibility index (Phi) is 5.08. The quantitative estimate of drug-likeness (QED) is 0.833. The van der Waals surface area contributed by atoms with Crippen molar-refractivity contribution in [1.29, 1.82) is 0 Å². The van der Waals surface area contributed by atoms with Gasteiger partial charge in [-0.05, 0) is 19.9 Å². The smallest absolute Gasteiger partial charge is 0.315 e. The van der Waals surface area contributed by atoms with Crippen molar-refractivity contribution in [2.45, 2.75) is 20.4 Å². The summed E-state index contributed by atoms with van der Waals surface area (Å²) < 4.78 is 10.3. The zero-order chi connectivity index (χ0) is 15.1. The molecule has 8 heteroatoms. The lowest BCUT2D eigenvalue weighted by atomic mass is 10.3. The molecule has 0 bridgehead atoms. The van der Waals surface area contributed by atoms with Gasteiger partial charge in [-0.1, -0.05) is 5.16 Å². The van der Waals surface area contributed by atoms with Crippen molar-refractivity contribution >= 4 is 6.03 Å². The highest BCUT2D eigenvalue weighted by Crippen LogP contribution is 2.17. The average molecular weight is 291 g/mol. The second kappa shape index (κ2) is 7.22. The molecule has 2 aromatic rings. The third kappa shape index (κ3) is 4.16. The summed E-state index contributed by atoms with van der Waals surface area (Å²) in [4.78, 5) is 19.6. The number of pyridine rings is 1. The van der Waals surface area contributed by atoms with Crippen LogP contribution in [0.15, 0.2) is 22.9 Å². The summed E-state index contributed by atoms with van der Waals surface area (Å²) in [6.07, 6.45) is 1.61. The van der Waals surface area contributed by atoms with Crippen molar-refractivity contribution in [2.24, 2.45) is 0 Å². The van der Waals surface area contributed by atoms with E-state index < -0.39 is 0 Å². The van der Waals surface area contributed by atoms with Crippen molar-refractivity contribution in [2.75, 3.05) is 13.2 Å². The molecule has 21 heavy (non-hydrogen) atoms. The zero-order valence-corrected chi connectivity index (χ0v) is 11.9. The van der Waals surface area contributed by atoms with Crippen LogP contribution in [-0.2, 0) is 6.54 Å². The summed E-state index contributed by atoms with van der Waals surface area (Å²) in [7, 11) is 0. The molecule has 2 N–H and O–H groups in total. The topological polar surface area (TPSA) is 102 Å². The molecule has 0 saturated carbocycles. The minimum Gasteiger partial charge on any atom is -0.478 e. The highest BCUT2D eigenvalue weighted by atomic mass is 16.5. The highest BCUT2D eigenvalue weighted by Gasteiger charge is 2.10. The van der Waals surface area contributed by atoms with Gasteiger partial charge in [0, 0.05) is 24.4 Å². The lowest BCUT2D eigenvalue weighted by Crippen LogP contribution is -2.34. The molecule has 0 unspecified atom stereocenters. The predicted molar refractivity (Wildman–Crippen MR) is 74.6 cm³/mol. The maximum Gasteiger partial charge on any atom is 0.315 e. The van der Waals surface area contributed by atoms with Gasteiger partial charge in [0.1, 0.15) is 0 Å². The van der Waals surface area contributed by atoms with Gasteiger partial charge in [0.2, 0.25) is 17.6 Å². The van der Waals surface area contributed by atoms with E-state index in [9.17, 15) is 4.79 Å². The van der Waals surface area contributed by atoms with E-state index in [0.717, 1.165) is 0 Å². The molecule has 0 saturated heterocycles. The summed E-state index contributed by atoms with van der Waals surface area (Å²) in [6.45, 7) is 5.01. The van der Waals surface area contributed by atoms with Crippen LogP contribution < -0.4 is 15.4 Å². The van der Waals surface area contributed by atoms with Crippen molar-refractivity contribution in [1.82, 2.24) is 25.8 Å². The lowest BCUT2D eigenvalue weighted by molar-refractivity contribution is 0.239. The van der Waals surface area contributed by atoms with Crippen molar-refractivity contribution in [3.05, 3.63) is 24.2 Å². The molecular weight excluding hydrogens is 274 g/mol. The molecular formula is C13H17N5O3. The Balaban J connectivity index is 1.97. The summed E-state index contributed by atoms with van der Waals surface area (Å²) in [5.74, 6) is 1.28. The molecule has 0 aliphatic heterocycles. The van der Waals surface area contributed by atoms with Crippen LogP contribution in [0.4, 0.5) is 4.79 Å². The third-order valence-corrected chi connectivity index (χ3v) is 2.49. The second-order valence-corrected chi connectivity index (χ2v) is 4.04. The second-order valence-electron chi connectivity index (χ2n) is 4.04. The van der Waals surface area contributed by atoms with Gasteiger partial charge in [0.15, 0.2) is 0 Å². The molecule has 0 aliphatic rings. The van der Waals surface area contributed by atoms with Gasteiger partial charge in [0.05, 0.1) is 13.2 Å². The van der Waals surface area contributed by atoms with Crippen LogP contribution in [0.25, 0.3) is 11.4 Å². The zero-order valence-electron chi connectivity index (χ0n) is 11.9. The molecule has 0 atom stereocenters. The van der Waals surface area contributed by atoms with E-state index in [4.69, 9.17) is 9.26 Å². The first-order valence-electron chi connectivity index (χ1n) is 6.66. The number of carbonyl (C=O) groups is 1. The van der Waals surface area contributed by atoms with Crippen molar-refractivity contribution < 1.29 is 14.1 Å². The van der Waals surface area contributed by atoms with Crippen LogP contribution in [0.5, 0.6) is 5.88 Å². The number of hydrogen-bond acceptors (Lipinski definition) is 6. The van der Waals surface area contributed by atoms with E-state index in [-0.39, 0.29) is 12.6 Å². The van der Waals surface area contributed by atoms with Gasteiger partial charge in [-0.3, -0.25) is 0 Å². The average Bonchev–Trinajstić information content (AvgIpc) is 2.95. The monoisotopic (exact) mass is 291 g/mol. The molecule has 2 rings (SSSR count). The SMILES string of the molecule is CCNC(=O)NCc1nc(-c2ccc(OCC)nc2)no1. The largest absolute Gasteiger partial charge is 0.478 e. The van der Waals surface area contributed by atoms with E-state index in [1.807, 2.05) is 13.8 Å². The van der Waals surface area contributed by atoms with E-state index in [1.54, 1.807) is 18.3 Å². The van der Waals surface area contributed by atoms with Crippen molar-refractivity contribution in [3.63, 3.8) is 0 Å². The first-order valence-corrected chi connectivity index (χ1v) is 6.66. The van der Waals surface area contributed by atoms with Crippen LogP contribution in [0.1, 0.15) is 19.7 Å². The van der Waals surface area contributed by atoms with E-state index in [2.05, 4.69) is 25.8 Å². The van der Waals surface area contributed by atoms with E-state index >= 15 is 0 Å². The predicted octanol–water partition coefficient (Wildman–Crippen LogP) is 1.35. The van der Waals surface area contributed by atoms with Crippen LogP contribution in [0.3, 0.4) is 0 Å². The third-order valence-electron chi connectivity index (χ3n) is 2.49. The Morgan fingerprint density at radius 1 is 1.33 bits per heavy atom. The number of rotatable bonds is 6. The molecule has 8 nitrogen and oxygen atoms in total. The molecule has 2 aromatic heterocycles. The van der Waals surface area contributed by atoms with Gasteiger partial charge in [-0.2, -0.15) is 4.98 Å². The summed E-state index contributed by atoms with van der Waals surface area (Å²) in [6, 6.07) is 3.26. The van der Waals surface area contributed by atoms with Gasteiger partial charge < -0.3 is 19.9 Å². The van der Waals surface area contributed by atoms with Gasteiger partial charge in [0.25, 0.3) is 0 Å². The van der Waals surface area contributed by atoms with E-state index in [1.165, 1.54) is 0 Å². The molecule has 112 valence electrons. The molecule has 0 aromatic carbocycles. The maximum atomic E-state index is 11.3. The van der Waals surface area contributed by atoms with Crippen LogP contribution in [-0.4, -0.2) is 34.3 Å². The Morgan fingerprint density at radius 2 is 2.19 bits per heavy atom. The standard InChI is InChI=1S/C13H17N5O3/c1-3-14-13(19)16-8-11-17-12(18-21-11)9-5-6-10(15-7-9)20-4-2/h5-7H,3-4,8H2,1-2H3,(H2,14,16,19). The Labute approximate surface area is 121 Å². The molecule has 0 spiro atoms. The number of aromatic nitrogens is 3. The van der Waals surface area contributed by atoms with Gasteiger partial charge in [-0.15, -0.1) is 0 Å². The molecule has 2 amide bonds. The number of hydrogen-bond donors (Lipinski definition) is 2. The summed E-state index contributed by atoms with van der Waals surface area (Å²) >= 11 is 0. The highest BCUT2D eigenvalue weighted by molar-refractivity contribution is 5.73. The van der Waals surface area contributed by atoms with Crippen molar-refractivity contribution in [3.8, 4) is 17.3 Å². The molecule has 0 fully saturated rings. The molecule has 2 heterocycles. The molecule has 0 aliphatic carbocycles. The number of urea groups is 1. The Bertz CT molecular complexity index is 582. The van der Waals surface area contributed by atoms with Gasteiger partial charge in [-0.25, -0.2) is 9.78 Å². The fraction of sp³-hybridized carbons (Fsp3) is 0.385. The number of amides is 2. The Morgan fingerprint density at radius 3 is 2.86 bits per heavy atom. The fourth-order valence-corrected chi connectivity index (χ4v) is 1.57. The number of nitrogens with zero attached hydrogens (tertiary/aromatic N) is 3. The lowest BCUT2D eigenvalue weighted by Gasteiger charge is -2.01. The fourth-order valence-electron chi connectivity index (χ4n) is 1.57. The van der Waals surface area contributed by atoms with Crippen LogP contribution in [0, 0.1) is 0 Å². The number of carbonyl (C=O) groups excluding carboxylic acids is 1. The van der Waals surface area contributed by atoms with E-state index in [0.29, 0.717) is 36.3 Å². The minimum atomic E-state index is -0.278. The number of nitrogens with one attached hydrogen (secondary N) is 2. The maximum absolute atomic E-state index is 11.3. The Hall–Kier alpha value is -2.64. The first-order chi connectivity index (χ1) is 10.2. The summed E-state index contributed by atoms with van der Waals surface area (Å²) in [5.41, 5.74) is 0.714. The number of ether oxygens (including phenoxy) is 1. The van der Waals surface area contributed by atoms with Gasteiger partial charge >= 0.3 is 6.03 Å².